The molecule has 1 N–H and O–H groups in total. The summed E-state index contributed by atoms with van der Waals surface area (Å²) in [6.07, 6.45) is 2.15. The van der Waals surface area contributed by atoms with Crippen molar-refractivity contribution in [2.45, 2.75) is 12.5 Å². The number of rotatable bonds is 3. The average Bonchev–Trinajstić information content (AvgIpc) is 3.31. The number of nitrogens with zero attached hydrogens (tertiary/aromatic N) is 4. The van der Waals surface area contributed by atoms with E-state index in [1.54, 1.807) is 20.9 Å². The Labute approximate surface area is 141 Å². The number of fused-ring (bicyclic) bond motifs is 1. The Morgan fingerprint density at radius 2 is 2.17 bits per heavy atom. The molecule has 1 amide bonds. The number of aromatic carboxylic acids is 1. The number of hydrogen-bond donors (Lipinski definition) is 1. The van der Waals surface area contributed by atoms with E-state index in [0.29, 0.717) is 18.7 Å². The normalized spacial score (nSPS) is 17.5. The molecule has 2 aromatic heterocycles. The molecule has 122 valence electrons. The second-order valence-electron chi connectivity index (χ2n) is 5.76. The van der Waals surface area contributed by atoms with Crippen LogP contribution in [0.2, 0.25) is 0 Å². The van der Waals surface area contributed by atoms with Crippen molar-refractivity contribution < 1.29 is 14.7 Å². The van der Waals surface area contributed by atoms with Crippen LogP contribution in [0.25, 0.3) is 10.1 Å². The van der Waals surface area contributed by atoms with Crippen molar-refractivity contribution in [3.63, 3.8) is 0 Å². The lowest BCUT2D eigenvalue weighted by atomic mass is 10.1. The number of thiophene rings is 1. The predicted octanol–water partition coefficient (Wildman–Crippen LogP) is 2.28. The molecule has 1 saturated heterocycles. The Kier molecular flexibility index (Phi) is 3.53. The van der Waals surface area contributed by atoms with Crippen molar-refractivity contribution in [1.82, 2.24) is 19.9 Å². The van der Waals surface area contributed by atoms with Crippen molar-refractivity contribution >= 4 is 33.3 Å². The Balaban J connectivity index is 1.50. The third-order valence-corrected chi connectivity index (χ3v) is 5.15. The maximum Gasteiger partial charge on any atom is 0.358 e. The number of carbonyl (C=O) groups is 2. The van der Waals surface area contributed by atoms with Gasteiger partial charge >= 0.3 is 5.97 Å². The van der Waals surface area contributed by atoms with Gasteiger partial charge in [0.25, 0.3) is 5.91 Å². The van der Waals surface area contributed by atoms with Gasteiger partial charge in [0, 0.05) is 23.4 Å². The zero-order valence-corrected chi connectivity index (χ0v) is 13.4. The smallest absolute Gasteiger partial charge is 0.358 e. The van der Waals surface area contributed by atoms with Gasteiger partial charge in [-0.1, -0.05) is 5.21 Å². The van der Waals surface area contributed by atoms with E-state index in [9.17, 15) is 9.59 Å². The summed E-state index contributed by atoms with van der Waals surface area (Å²) in [7, 11) is 0. The maximum atomic E-state index is 12.7. The number of likely N-dealkylation sites (tertiary alicyclic amines) is 1. The molecular weight excluding hydrogens is 328 g/mol. The van der Waals surface area contributed by atoms with Crippen LogP contribution in [0, 0.1) is 0 Å². The number of carboxylic acids is 1. The second kappa shape index (κ2) is 5.72. The standard InChI is InChI=1S/C16H14N4O3S/c21-15(11-1-2-14-10(7-11)4-6-24-14)19-5-3-12(8-19)20-9-13(16(22)23)17-18-20/h1-2,4,6-7,9,12H,3,5,8H2,(H,22,23). The molecule has 8 heteroatoms. The number of aromatic nitrogens is 3. The van der Waals surface area contributed by atoms with Crippen molar-refractivity contribution in [1.29, 1.82) is 0 Å². The minimum Gasteiger partial charge on any atom is -0.476 e. The van der Waals surface area contributed by atoms with Crippen LogP contribution in [0.3, 0.4) is 0 Å². The molecule has 0 spiro atoms. The molecule has 7 nitrogen and oxygen atoms in total. The van der Waals surface area contributed by atoms with Crippen LogP contribution >= 0.6 is 11.3 Å². The minimum absolute atomic E-state index is 0.0100. The highest BCUT2D eigenvalue weighted by atomic mass is 32.1. The van der Waals surface area contributed by atoms with Gasteiger partial charge in [-0.15, -0.1) is 16.4 Å². The van der Waals surface area contributed by atoms with Crippen LogP contribution in [0.15, 0.2) is 35.8 Å². The number of carbonyl (C=O) groups excluding carboxylic acids is 1. The van der Waals surface area contributed by atoms with Crippen molar-refractivity contribution in [3.8, 4) is 0 Å². The Hall–Kier alpha value is -2.74. The summed E-state index contributed by atoms with van der Waals surface area (Å²) in [5.74, 6) is -1.11. The predicted molar refractivity (Wildman–Crippen MR) is 88.4 cm³/mol. The molecule has 1 aromatic carbocycles. The summed E-state index contributed by atoms with van der Waals surface area (Å²) >= 11 is 1.65. The lowest BCUT2D eigenvalue weighted by Crippen LogP contribution is -2.29. The van der Waals surface area contributed by atoms with Gasteiger partial charge in [0.2, 0.25) is 0 Å². The first kappa shape index (κ1) is 14.8. The molecule has 0 saturated carbocycles. The third-order valence-electron chi connectivity index (χ3n) is 4.25. The summed E-state index contributed by atoms with van der Waals surface area (Å²) < 4.78 is 2.70. The highest BCUT2D eigenvalue weighted by molar-refractivity contribution is 7.17. The van der Waals surface area contributed by atoms with Gasteiger partial charge in [0.15, 0.2) is 5.69 Å². The van der Waals surface area contributed by atoms with Crippen LogP contribution in [0.4, 0.5) is 0 Å². The van der Waals surface area contributed by atoms with Gasteiger partial charge in [-0.05, 0) is 41.5 Å². The van der Waals surface area contributed by atoms with Crippen LogP contribution in [-0.4, -0.2) is 50.0 Å². The van der Waals surface area contributed by atoms with E-state index < -0.39 is 5.97 Å². The van der Waals surface area contributed by atoms with Gasteiger partial charge in [-0.2, -0.15) is 0 Å². The van der Waals surface area contributed by atoms with Gasteiger partial charge in [-0.3, -0.25) is 4.79 Å². The third kappa shape index (κ3) is 2.54. The summed E-state index contributed by atoms with van der Waals surface area (Å²) in [5.41, 5.74) is 0.592. The molecular formula is C16H14N4O3S. The number of amides is 1. The molecule has 0 aliphatic carbocycles. The first-order chi connectivity index (χ1) is 11.6. The van der Waals surface area contributed by atoms with Gasteiger partial charge in [0.1, 0.15) is 0 Å². The molecule has 1 fully saturated rings. The summed E-state index contributed by atoms with van der Waals surface area (Å²) in [5, 5.41) is 19.5. The lowest BCUT2D eigenvalue weighted by Gasteiger charge is -2.16. The van der Waals surface area contributed by atoms with Crippen molar-refractivity contribution in [2.75, 3.05) is 13.1 Å². The maximum absolute atomic E-state index is 12.7. The Bertz CT molecular complexity index is 932. The van der Waals surface area contributed by atoms with Gasteiger partial charge < -0.3 is 10.0 Å². The van der Waals surface area contributed by atoms with E-state index in [-0.39, 0.29) is 17.6 Å². The highest BCUT2D eigenvalue weighted by Gasteiger charge is 2.29. The van der Waals surface area contributed by atoms with Crippen LogP contribution in [-0.2, 0) is 0 Å². The molecule has 24 heavy (non-hydrogen) atoms. The van der Waals surface area contributed by atoms with Crippen molar-refractivity contribution in [2.24, 2.45) is 0 Å². The molecule has 1 unspecified atom stereocenters. The molecule has 4 rings (SSSR count). The van der Waals surface area contributed by atoms with Crippen LogP contribution in [0.5, 0.6) is 0 Å². The number of benzene rings is 1. The SMILES string of the molecule is O=C(O)c1cn(C2CCN(C(=O)c3ccc4sccc4c3)C2)nn1. The van der Waals surface area contributed by atoms with Gasteiger partial charge in [0.05, 0.1) is 12.2 Å². The fourth-order valence-corrected chi connectivity index (χ4v) is 3.75. The molecule has 3 heterocycles. The van der Waals surface area contributed by atoms with Crippen molar-refractivity contribution in [3.05, 3.63) is 47.1 Å². The Morgan fingerprint density at radius 1 is 1.29 bits per heavy atom. The summed E-state index contributed by atoms with van der Waals surface area (Å²) in [6.45, 7) is 1.12. The first-order valence-corrected chi connectivity index (χ1v) is 8.41. The van der Waals surface area contributed by atoms with E-state index in [4.69, 9.17) is 5.11 Å². The van der Waals surface area contributed by atoms with Crippen LogP contribution < -0.4 is 0 Å². The zero-order chi connectivity index (χ0) is 16.7. The molecule has 1 aliphatic rings. The second-order valence-corrected chi connectivity index (χ2v) is 6.70. The lowest BCUT2D eigenvalue weighted by molar-refractivity contribution is 0.0689. The number of carboxylic acid groups (broad SMARTS) is 1. The van der Waals surface area contributed by atoms with E-state index in [1.807, 2.05) is 29.6 Å². The largest absolute Gasteiger partial charge is 0.476 e. The average molecular weight is 342 g/mol. The van der Waals surface area contributed by atoms with E-state index >= 15 is 0 Å². The first-order valence-electron chi connectivity index (χ1n) is 7.53. The topological polar surface area (TPSA) is 88.3 Å². The molecule has 0 bridgehead atoms. The number of hydrogen-bond acceptors (Lipinski definition) is 5. The quantitative estimate of drug-likeness (QED) is 0.789. The highest BCUT2D eigenvalue weighted by Crippen LogP contribution is 2.25. The van der Waals surface area contributed by atoms with E-state index in [2.05, 4.69) is 10.3 Å². The summed E-state index contributed by atoms with van der Waals surface area (Å²) in [6, 6.07) is 7.70. The molecule has 0 radical (unpaired) electrons. The summed E-state index contributed by atoms with van der Waals surface area (Å²) in [4.78, 5) is 25.4. The fraction of sp³-hybridized carbons (Fsp3) is 0.250. The minimum atomic E-state index is -1.10. The fourth-order valence-electron chi connectivity index (χ4n) is 2.98. The van der Waals surface area contributed by atoms with Crippen LogP contribution in [0.1, 0.15) is 33.3 Å². The molecule has 1 aliphatic heterocycles. The molecule has 1 atom stereocenters. The zero-order valence-electron chi connectivity index (χ0n) is 12.6. The van der Waals surface area contributed by atoms with E-state index in [0.717, 1.165) is 16.5 Å². The van der Waals surface area contributed by atoms with E-state index in [1.165, 1.54) is 6.20 Å². The Morgan fingerprint density at radius 3 is 2.96 bits per heavy atom. The molecule has 3 aromatic rings. The monoisotopic (exact) mass is 342 g/mol. The van der Waals surface area contributed by atoms with Gasteiger partial charge in [-0.25, -0.2) is 9.48 Å².